The van der Waals surface area contributed by atoms with Gasteiger partial charge in [0.2, 0.25) is 5.90 Å². The van der Waals surface area contributed by atoms with Crippen molar-refractivity contribution in [3.05, 3.63) is 62.1 Å². The first kappa shape index (κ1) is 13.8. The van der Waals surface area contributed by atoms with E-state index in [2.05, 4.69) is 4.99 Å². The molecule has 0 unspecified atom stereocenters. The number of cyclic esters (lactones) is 1. The van der Waals surface area contributed by atoms with Crippen LogP contribution < -0.4 is 5.48 Å². The molecule has 0 bridgehead atoms. The van der Waals surface area contributed by atoms with Crippen molar-refractivity contribution in [3.63, 3.8) is 0 Å². The van der Waals surface area contributed by atoms with Gasteiger partial charge < -0.3 is 15.4 Å². The second-order valence-electron chi connectivity index (χ2n) is 4.15. The van der Waals surface area contributed by atoms with Crippen LogP contribution >= 0.6 is 22.9 Å². The maximum Gasteiger partial charge on any atom is 0.363 e. The number of hydrogen-bond donors (Lipinski definition) is 1. The van der Waals surface area contributed by atoms with Crippen molar-refractivity contribution in [2.75, 3.05) is 5.48 Å². The predicted molar refractivity (Wildman–Crippen MR) is 83.4 cm³/mol. The maximum absolute atomic E-state index is 11.8. The van der Waals surface area contributed by atoms with Crippen molar-refractivity contribution in [3.8, 4) is 0 Å². The van der Waals surface area contributed by atoms with E-state index in [1.165, 1.54) is 23.5 Å². The van der Waals surface area contributed by atoms with Crippen LogP contribution in [0.4, 0.5) is 5.69 Å². The fraction of sp³-hybridized carbons (Fsp3) is 0. The van der Waals surface area contributed by atoms with Gasteiger partial charge in [-0.05, 0) is 35.7 Å². The van der Waals surface area contributed by atoms with Crippen molar-refractivity contribution in [2.24, 2.45) is 4.99 Å². The van der Waals surface area contributed by atoms with Crippen LogP contribution in [0.5, 0.6) is 0 Å². The molecule has 0 aliphatic carbocycles. The molecule has 1 aliphatic rings. The van der Waals surface area contributed by atoms with Crippen molar-refractivity contribution in [1.82, 2.24) is 0 Å². The number of carbonyl (C=O) groups is 1. The first-order valence-corrected chi connectivity index (χ1v) is 7.17. The monoisotopic (exact) mass is 319 g/mol. The first-order chi connectivity index (χ1) is 10.2. The van der Waals surface area contributed by atoms with Crippen LogP contribution in [0.15, 0.2) is 46.4 Å². The molecule has 0 radical (unpaired) electrons. The quantitative estimate of drug-likeness (QED) is 0.532. The highest BCUT2D eigenvalue weighted by atomic mass is 35.5. The summed E-state index contributed by atoms with van der Waals surface area (Å²) in [6.07, 6.45) is 1.66. The molecule has 106 valence electrons. The number of halogens is 1. The summed E-state index contributed by atoms with van der Waals surface area (Å²) in [7, 11) is 0. The Labute approximate surface area is 129 Å². The molecule has 0 atom stereocenters. The third-order valence-electron chi connectivity index (χ3n) is 2.77. The molecule has 0 saturated carbocycles. The number of ether oxygens (including phenoxy) is 1. The Morgan fingerprint density at radius 3 is 2.95 bits per heavy atom. The lowest BCUT2D eigenvalue weighted by Gasteiger charge is -2.12. The Morgan fingerprint density at radius 1 is 1.38 bits per heavy atom. The van der Waals surface area contributed by atoms with Gasteiger partial charge in [-0.2, -0.15) is 0 Å². The number of rotatable bonds is 3. The minimum atomic E-state index is -0.523. The fourth-order valence-electron chi connectivity index (χ4n) is 1.78. The largest absolute Gasteiger partial charge is 0.761 e. The van der Waals surface area contributed by atoms with Gasteiger partial charge in [-0.3, -0.25) is 0 Å². The van der Waals surface area contributed by atoms with Crippen LogP contribution in [-0.2, 0) is 9.53 Å². The molecule has 5 nitrogen and oxygen atoms in total. The van der Waals surface area contributed by atoms with E-state index < -0.39 is 5.97 Å². The number of nitrogens with zero attached hydrogens (tertiary/aromatic N) is 1. The highest BCUT2D eigenvalue weighted by molar-refractivity contribution is 7.10. The van der Waals surface area contributed by atoms with Gasteiger partial charge in [-0.1, -0.05) is 17.7 Å². The zero-order chi connectivity index (χ0) is 14.8. The van der Waals surface area contributed by atoms with Crippen LogP contribution in [0.1, 0.15) is 10.4 Å². The molecule has 1 aliphatic heterocycles. The Kier molecular flexibility index (Phi) is 3.74. The van der Waals surface area contributed by atoms with Crippen LogP contribution in [0.3, 0.4) is 0 Å². The summed E-state index contributed by atoms with van der Waals surface area (Å²) in [4.78, 5) is 16.9. The Bertz CT molecular complexity index is 754. The number of benzene rings is 1. The van der Waals surface area contributed by atoms with Gasteiger partial charge in [0, 0.05) is 16.1 Å². The number of hydrogen-bond acceptors (Lipinski definition) is 6. The molecule has 1 aromatic carbocycles. The van der Waals surface area contributed by atoms with Crippen LogP contribution in [0.2, 0.25) is 5.02 Å². The second-order valence-corrected chi connectivity index (χ2v) is 5.53. The standard InChI is InChI=1S/C14H8ClN2O3S/c15-10-4-3-8(6-11(10)17-19)13-16-12(14(18)20-13)7-9-2-1-5-21-9/h1-7,17H/q-1/b12-7-. The van der Waals surface area contributed by atoms with Crippen molar-refractivity contribution in [1.29, 1.82) is 0 Å². The van der Waals surface area contributed by atoms with Gasteiger partial charge in [0.15, 0.2) is 5.70 Å². The maximum atomic E-state index is 11.8. The van der Waals surface area contributed by atoms with Gasteiger partial charge in [0.25, 0.3) is 0 Å². The number of anilines is 1. The lowest BCUT2D eigenvalue weighted by molar-refractivity contribution is -0.129. The van der Waals surface area contributed by atoms with Gasteiger partial charge >= 0.3 is 5.97 Å². The van der Waals surface area contributed by atoms with Gasteiger partial charge in [-0.15, -0.1) is 11.3 Å². The topological polar surface area (TPSA) is 73.8 Å². The summed E-state index contributed by atoms with van der Waals surface area (Å²) >= 11 is 7.33. The average molecular weight is 320 g/mol. The van der Waals surface area contributed by atoms with E-state index in [0.29, 0.717) is 5.56 Å². The van der Waals surface area contributed by atoms with Crippen molar-refractivity contribution < 1.29 is 9.53 Å². The summed E-state index contributed by atoms with van der Waals surface area (Å²) in [5.74, 6) is -0.374. The van der Waals surface area contributed by atoms with E-state index in [-0.39, 0.29) is 22.3 Å². The molecule has 0 amide bonds. The van der Waals surface area contributed by atoms with E-state index in [0.717, 1.165) is 4.88 Å². The van der Waals surface area contributed by atoms with Gasteiger partial charge in [0.05, 0.1) is 5.02 Å². The minimum Gasteiger partial charge on any atom is -0.761 e. The lowest BCUT2D eigenvalue weighted by atomic mass is 10.2. The SMILES string of the molecule is O=C1OC(c2ccc(Cl)c(N[O-])c2)=N/C1=C\c1cccs1. The molecule has 2 aromatic rings. The van der Waals surface area contributed by atoms with Crippen LogP contribution in [0, 0.1) is 5.21 Å². The Morgan fingerprint density at radius 2 is 2.24 bits per heavy atom. The summed E-state index contributed by atoms with van der Waals surface area (Å²) < 4.78 is 5.12. The molecular weight excluding hydrogens is 312 g/mol. The average Bonchev–Trinajstić information content (AvgIpc) is 3.11. The van der Waals surface area contributed by atoms with Gasteiger partial charge in [0.1, 0.15) is 0 Å². The summed E-state index contributed by atoms with van der Waals surface area (Å²) in [6, 6.07) is 8.40. The smallest absolute Gasteiger partial charge is 0.363 e. The molecule has 7 heteroatoms. The molecule has 0 saturated heterocycles. The minimum absolute atomic E-state index is 0.149. The number of carbonyl (C=O) groups excluding carboxylic acids is 1. The molecule has 0 spiro atoms. The van der Waals surface area contributed by atoms with Crippen LogP contribution in [0.25, 0.3) is 6.08 Å². The molecule has 1 N–H and O–H groups in total. The molecule has 2 heterocycles. The van der Waals surface area contributed by atoms with Gasteiger partial charge in [-0.25, -0.2) is 9.79 Å². The normalized spacial score (nSPS) is 16.0. The number of esters is 1. The fourth-order valence-corrected chi connectivity index (χ4v) is 2.58. The molecule has 0 fully saturated rings. The number of thiophene rings is 1. The highest BCUT2D eigenvalue weighted by Crippen LogP contribution is 2.26. The van der Waals surface area contributed by atoms with E-state index in [1.807, 2.05) is 17.5 Å². The highest BCUT2D eigenvalue weighted by Gasteiger charge is 2.24. The summed E-state index contributed by atoms with van der Waals surface area (Å²) in [5, 5.41) is 13.0. The van der Waals surface area contributed by atoms with E-state index in [4.69, 9.17) is 16.3 Å². The van der Waals surface area contributed by atoms with E-state index in [9.17, 15) is 10.0 Å². The van der Waals surface area contributed by atoms with E-state index in [1.54, 1.807) is 17.6 Å². The molecule has 1 aromatic heterocycles. The second kappa shape index (κ2) is 5.69. The zero-order valence-corrected chi connectivity index (χ0v) is 12.1. The lowest BCUT2D eigenvalue weighted by Crippen LogP contribution is -2.05. The number of nitrogens with one attached hydrogen (secondary N) is 1. The van der Waals surface area contributed by atoms with Crippen LogP contribution in [-0.4, -0.2) is 11.9 Å². The number of aliphatic imine (C=N–C) groups is 1. The first-order valence-electron chi connectivity index (χ1n) is 5.91. The Balaban J connectivity index is 1.95. The van der Waals surface area contributed by atoms with E-state index >= 15 is 0 Å². The Hall–Kier alpha value is -2.15. The zero-order valence-electron chi connectivity index (χ0n) is 10.5. The third-order valence-corrected chi connectivity index (χ3v) is 3.91. The van der Waals surface area contributed by atoms with Crippen molar-refractivity contribution >= 4 is 46.6 Å². The summed E-state index contributed by atoms with van der Waals surface area (Å²) in [5.41, 5.74) is 2.65. The molecule has 3 rings (SSSR count). The van der Waals surface area contributed by atoms with Crippen molar-refractivity contribution in [2.45, 2.75) is 0 Å². The molecular formula is C14H8ClN2O3S-. The third kappa shape index (κ3) is 2.82. The predicted octanol–water partition coefficient (Wildman–Crippen LogP) is 3.66. The summed E-state index contributed by atoms with van der Waals surface area (Å²) in [6.45, 7) is 0. The molecule has 21 heavy (non-hydrogen) atoms.